The summed E-state index contributed by atoms with van der Waals surface area (Å²) in [5, 5.41) is 3.21. The lowest BCUT2D eigenvalue weighted by atomic mass is 10.1. The fourth-order valence-electron chi connectivity index (χ4n) is 1.75. The third kappa shape index (κ3) is 4.49. The Kier molecular flexibility index (Phi) is 4.52. The number of hydrogen-bond donors (Lipinski definition) is 1. The van der Waals surface area contributed by atoms with Crippen molar-refractivity contribution in [3.05, 3.63) is 29.3 Å². The van der Waals surface area contributed by atoms with Crippen LogP contribution >= 0.6 is 0 Å². The number of aryl methyl sites for hydroxylation is 2. The molecule has 1 aromatic carbocycles. The maximum atomic E-state index is 12.1. The molecule has 1 amide bonds. The first-order valence-corrected chi connectivity index (χ1v) is 6.29. The summed E-state index contributed by atoms with van der Waals surface area (Å²) in [6, 6.07) is 6.17. The van der Waals surface area contributed by atoms with Crippen LogP contribution in [0.4, 0.5) is 5.69 Å². The SMILES string of the molecule is Cc1cc(C)cc(N(C)C(=O)CNC(C)(C)C)c1. The highest BCUT2D eigenvalue weighted by atomic mass is 16.2. The summed E-state index contributed by atoms with van der Waals surface area (Å²) in [5.74, 6) is 0.0786. The molecule has 0 aliphatic heterocycles. The summed E-state index contributed by atoms with van der Waals surface area (Å²) in [5.41, 5.74) is 3.26. The van der Waals surface area contributed by atoms with Gasteiger partial charge < -0.3 is 10.2 Å². The highest BCUT2D eigenvalue weighted by Gasteiger charge is 2.15. The molecule has 0 saturated carbocycles. The predicted molar refractivity (Wildman–Crippen MR) is 77.1 cm³/mol. The van der Waals surface area contributed by atoms with E-state index in [1.165, 1.54) is 11.1 Å². The zero-order valence-corrected chi connectivity index (χ0v) is 12.3. The number of benzene rings is 1. The fourth-order valence-corrected chi connectivity index (χ4v) is 1.75. The third-order valence-electron chi connectivity index (χ3n) is 2.74. The van der Waals surface area contributed by atoms with Gasteiger partial charge >= 0.3 is 0 Å². The van der Waals surface area contributed by atoms with Crippen LogP contribution in [0, 0.1) is 13.8 Å². The van der Waals surface area contributed by atoms with Gasteiger partial charge in [-0.1, -0.05) is 6.07 Å². The Morgan fingerprint density at radius 2 is 1.67 bits per heavy atom. The number of carbonyl (C=O) groups excluding carboxylic acids is 1. The van der Waals surface area contributed by atoms with Crippen LogP contribution in [0.3, 0.4) is 0 Å². The lowest BCUT2D eigenvalue weighted by Crippen LogP contribution is -2.43. The fraction of sp³-hybridized carbons (Fsp3) is 0.533. The van der Waals surface area contributed by atoms with Crippen molar-refractivity contribution in [2.75, 3.05) is 18.5 Å². The second-order valence-corrected chi connectivity index (χ2v) is 5.90. The van der Waals surface area contributed by atoms with Crippen LogP contribution in [0.25, 0.3) is 0 Å². The monoisotopic (exact) mass is 248 g/mol. The van der Waals surface area contributed by atoms with Gasteiger partial charge in [-0.05, 0) is 57.9 Å². The van der Waals surface area contributed by atoms with Crippen LogP contribution in [-0.4, -0.2) is 25.0 Å². The maximum Gasteiger partial charge on any atom is 0.240 e. The van der Waals surface area contributed by atoms with Crippen molar-refractivity contribution in [3.63, 3.8) is 0 Å². The van der Waals surface area contributed by atoms with Crippen LogP contribution < -0.4 is 10.2 Å². The minimum atomic E-state index is -0.0426. The molecule has 0 aliphatic rings. The molecule has 1 aromatic rings. The number of anilines is 1. The molecular weight excluding hydrogens is 224 g/mol. The molecule has 0 atom stereocenters. The quantitative estimate of drug-likeness (QED) is 0.892. The predicted octanol–water partition coefficient (Wildman–Crippen LogP) is 2.65. The summed E-state index contributed by atoms with van der Waals surface area (Å²) in [7, 11) is 1.82. The second kappa shape index (κ2) is 5.53. The van der Waals surface area contributed by atoms with Crippen LogP contribution in [0.1, 0.15) is 31.9 Å². The summed E-state index contributed by atoms with van der Waals surface area (Å²) >= 11 is 0. The molecule has 0 aliphatic carbocycles. The second-order valence-electron chi connectivity index (χ2n) is 5.90. The summed E-state index contributed by atoms with van der Waals surface area (Å²) in [4.78, 5) is 13.8. The topological polar surface area (TPSA) is 32.3 Å². The Balaban J connectivity index is 2.74. The van der Waals surface area contributed by atoms with E-state index in [0.717, 1.165) is 5.69 Å². The molecule has 0 fully saturated rings. The highest BCUT2D eigenvalue weighted by molar-refractivity contribution is 5.94. The van der Waals surface area contributed by atoms with Crippen molar-refractivity contribution in [1.82, 2.24) is 5.32 Å². The molecule has 0 bridgehead atoms. The maximum absolute atomic E-state index is 12.1. The number of nitrogens with one attached hydrogen (secondary N) is 1. The van der Waals surface area contributed by atoms with E-state index in [1.807, 2.05) is 33.0 Å². The molecule has 1 N–H and O–H groups in total. The molecule has 0 unspecified atom stereocenters. The molecular formula is C15H24N2O. The minimum Gasteiger partial charge on any atom is -0.314 e. The third-order valence-corrected chi connectivity index (χ3v) is 2.74. The lowest BCUT2D eigenvalue weighted by Gasteiger charge is -2.24. The minimum absolute atomic E-state index is 0.0426. The molecule has 0 heterocycles. The number of rotatable bonds is 3. The average Bonchev–Trinajstić information content (AvgIpc) is 2.22. The van der Waals surface area contributed by atoms with Crippen LogP contribution in [0.2, 0.25) is 0 Å². The molecule has 0 radical (unpaired) electrons. The first-order chi connectivity index (χ1) is 8.19. The Morgan fingerprint density at radius 1 is 1.17 bits per heavy atom. The van der Waals surface area contributed by atoms with Crippen LogP contribution in [0.15, 0.2) is 18.2 Å². The van der Waals surface area contributed by atoms with E-state index >= 15 is 0 Å². The van der Waals surface area contributed by atoms with Gasteiger partial charge in [0, 0.05) is 18.3 Å². The Labute approximate surface area is 110 Å². The number of nitrogens with zero attached hydrogens (tertiary/aromatic N) is 1. The van der Waals surface area contributed by atoms with Crippen molar-refractivity contribution < 1.29 is 4.79 Å². The smallest absolute Gasteiger partial charge is 0.240 e. The summed E-state index contributed by atoms with van der Waals surface area (Å²) in [6.07, 6.45) is 0. The van der Waals surface area contributed by atoms with Crippen LogP contribution in [0.5, 0.6) is 0 Å². The van der Waals surface area contributed by atoms with Gasteiger partial charge in [0.15, 0.2) is 0 Å². The zero-order valence-electron chi connectivity index (χ0n) is 12.3. The van der Waals surface area contributed by atoms with Crippen molar-refractivity contribution in [2.24, 2.45) is 0 Å². The average molecular weight is 248 g/mol. The van der Waals surface area contributed by atoms with Crippen molar-refractivity contribution in [3.8, 4) is 0 Å². The van der Waals surface area contributed by atoms with Gasteiger partial charge in [0.25, 0.3) is 0 Å². The normalized spacial score (nSPS) is 11.4. The van der Waals surface area contributed by atoms with Gasteiger partial charge in [-0.25, -0.2) is 0 Å². The van der Waals surface area contributed by atoms with Gasteiger partial charge in [-0.2, -0.15) is 0 Å². The molecule has 1 rings (SSSR count). The van der Waals surface area contributed by atoms with E-state index in [2.05, 4.69) is 32.2 Å². The first kappa shape index (κ1) is 14.7. The number of carbonyl (C=O) groups is 1. The zero-order chi connectivity index (χ0) is 13.9. The number of likely N-dealkylation sites (N-methyl/N-ethyl adjacent to an activating group) is 1. The van der Waals surface area contributed by atoms with Crippen molar-refractivity contribution in [2.45, 2.75) is 40.2 Å². The molecule has 0 aromatic heterocycles. The summed E-state index contributed by atoms with van der Waals surface area (Å²) in [6.45, 7) is 10.6. The molecule has 0 spiro atoms. The van der Waals surface area contributed by atoms with Crippen molar-refractivity contribution in [1.29, 1.82) is 0 Å². The van der Waals surface area contributed by atoms with E-state index in [4.69, 9.17) is 0 Å². The van der Waals surface area contributed by atoms with Crippen LogP contribution in [-0.2, 0) is 4.79 Å². The van der Waals surface area contributed by atoms with Gasteiger partial charge in [-0.15, -0.1) is 0 Å². The molecule has 3 nitrogen and oxygen atoms in total. The van der Waals surface area contributed by atoms with Crippen molar-refractivity contribution >= 4 is 11.6 Å². The van der Waals surface area contributed by atoms with E-state index in [0.29, 0.717) is 6.54 Å². The molecule has 3 heteroatoms. The van der Waals surface area contributed by atoms with E-state index in [1.54, 1.807) is 4.90 Å². The van der Waals surface area contributed by atoms with Gasteiger partial charge in [-0.3, -0.25) is 4.79 Å². The van der Waals surface area contributed by atoms with Gasteiger partial charge in [0.05, 0.1) is 6.54 Å². The Hall–Kier alpha value is -1.35. The highest BCUT2D eigenvalue weighted by Crippen LogP contribution is 2.17. The standard InChI is InChI=1S/C15H24N2O/c1-11-7-12(2)9-13(8-11)17(6)14(18)10-16-15(3,4)5/h7-9,16H,10H2,1-6H3. The number of amides is 1. The molecule has 0 saturated heterocycles. The largest absolute Gasteiger partial charge is 0.314 e. The van der Waals surface area contributed by atoms with E-state index in [9.17, 15) is 4.79 Å². The first-order valence-electron chi connectivity index (χ1n) is 6.29. The number of hydrogen-bond acceptors (Lipinski definition) is 2. The summed E-state index contributed by atoms with van der Waals surface area (Å²) < 4.78 is 0. The Morgan fingerprint density at radius 3 is 2.11 bits per heavy atom. The van der Waals surface area contributed by atoms with Gasteiger partial charge in [0.1, 0.15) is 0 Å². The van der Waals surface area contributed by atoms with E-state index in [-0.39, 0.29) is 11.4 Å². The van der Waals surface area contributed by atoms with E-state index < -0.39 is 0 Å². The molecule has 18 heavy (non-hydrogen) atoms. The van der Waals surface area contributed by atoms with Gasteiger partial charge in [0.2, 0.25) is 5.91 Å². The molecule has 100 valence electrons. The lowest BCUT2D eigenvalue weighted by molar-refractivity contribution is -0.117. The Bertz CT molecular complexity index is 412.